The van der Waals surface area contributed by atoms with E-state index in [-0.39, 0.29) is 11.3 Å². The zero-order chi connectivity index (χ0) is 23.5. The predicted octanol–water partition coefficient (Wildman–Crippen LogP) is 2.92. The van der Waals surface area contributed by atoms with Crippen molar-refractivity contribution in [2.24, 2.45) is 0 Å². The summed E-state index contributed by atoms with van der Waals surface area (Å²) in [4.78, 5) is 16.5. The topological polar surface area (TPSA) is 97.8 Å². The molecule has 3 rings (SSSR count). The molecule has 0 fully saturated rings. The number of ether oxygens (including phenoxy) is 1. The number of pyridine rings is 1. The summed E-state index contributed by atoms with van der Waals surface area (Å²) in [6, 6.07) is 6.82. The van der Waals surface area contributed by atoms with E-state index in [0.717, 1.165) is 64.8 Å². The zero-order valence-corrected chi connectivity index (χ0v) is 19.6. The lowest BCUT2D eigenvalue weighted by atomic mass is 10.0. The Morgan fingerprint density at radius 2 is 2.03 bits per heavy atom. The molecule has 180 valence electrons. The highest BCUT2D eigenvalue weighted by atomic mass is 16.5. The van der Waals surface area contributed by atoms with Gasteiger partial charge in [0.2, 0.25) is 5.56 Å². The maximum absolute atomic E-state index is 11.5. The summed E-state index contributed by atoms with van der Waals surface area (Å²) in [6.07, 6.45) is 6.81. The molecule has 1 unspecified atom stereocenters. The molecule has 0 spiro atoms. The number of aliphatic hydroxyl groups excluding tert-OH is 1. The molecule has 1 aromatic heterocycles. The molecule has 7 heteroatoms. The van der Waals surface area contributed by atoms with Gasteiger partial charge in [0.25, 0.3) is 0 Å². The lowest BCUT2D eigenvalue weighted by Gasteiger charge is -2.27. The van der Waals surface area contributed by atoms with Crippen LogP contribution in [0.4, 0.5) is 0 Å². The van der Waals surface area contributed by atoms with Crippen LogP contribution in [0.1, 0.15) is 56.6 Å². The van der Waals surface area contributed by atoms with Crippen LogP contribution in [0.25, 0.3) is 10.9 Å². The third-order valence-corrected chi connectivity index (χ3v) is 6.27. The van der Waals surface area contributed by atoms with Crippen LogP contribution in [0.2, 0.25) is 0 Å². The molecular formula is C26H37N3O4. The number of phenolic OH excluding ortho intramolecular Hbond substituents is 1. The third-order valence-electron chi connectivity index (χ3n) is 6.27. The average molecular weight is 456 g/mol. The Labute approximate surface area is 196 Å². The van der Waals surface area contributed by atoms with E-state index in [9.17, 15) is 15.0 Å². The van der Waals surface area contributed by atoms with Gasteiger partial charge in [-0.25, -0.2) is 0 Å². The normalized spacial score (nSPS) is 16.6. The van der Waals surface area contributed by atoms with Gasteiger partial charge in [-0.3, -0.25) is 4.79 Å². The standard InChI is InChI=1S/C26H37N3O4/c1-29(20-9-5-4-6-10-20)16-18-33-17-8-3-2-7-15-27-19-24(31)21-11-13-23(30)26-22(21)12-14-25(32)28-26/h11-14,20,24,27,30-31H,2-3,5,7-10,15-19H2,1H3,(H,28,32)/t20?,24-/m0/s1. The SMILES string of the molecule is CN(CCOCCCCCCNC[C@H](O)c1ccc(O)c2[nH]c(=O)ccc12)C1CC#CCC1. The average Bonchev–Trinajstić information content (AvgIpc) is 2.83. The lowest BCUT2D eigenvalue weighted by molar-refractivity contribution is 0.0942. The summed E-state index contributed by atoms with van der Waals surface area (Å²) in [5.74, 6) is 6.37. The molecule has 33 heavy (non-hydrogen) atoms. The zero-order valence-electron chi connectivity index (χ0n) is 19.6. The highest BCUT2D eigenvalue weighted by Gasteiger charge is 2.15. The number of unbranched alkanes of at least 4 members (excludes halogenated alkanes) is 3. The van der Waals surface area contributed by atoms with E-state index in [1.54, 1.807) is 12.1 Å². The Hall–Kier alpha value is -2.37. The van der Waals surface area contributed by atoms with Crippen LogP contribution in [-0.2, 0) is 4.74 Å². The van der Waals surface area contributed by atoms with Gasteiger partial charge in [-0.1, -0.05) is 18.9 Å². The maximum atomic E-state index is 11.5. The first-order chi connectivity index (χ1) is 16.1. The van der Waals surface area contributed by atoms with Crippen LogP contribution >= 0.6 is 0 Å². The number of fused-ring (bicyclic) bond motifs is 1. The number of hydrogen-bond donors (Lipinski definition) is 4. The Morgan fingerprint density at radius 3 is 2.85 bits per heavy atom. The van der Waals surface area contributed by atoms with Crippen LogP contribution in [0, 0.1) is 11.8 Å². The van der Waals surface area contributed by atoms with E-state index < -0.39 is 6.10 Å². The Balaban J connectivity index is 1.22. The van der Waals surface area contributed by atoms with Gasteiger partial charge in [0.05, 0.1) is 18.2 Å². The van der Waals surface area contributed by atoms with Crippen molar-refractivity contribution >= 4 is 10.9 Å². The van der Waals surface area contributed by atoms with Gasteiger partial charge >= 0.3 is 0 Å². The molecule has 0 amide bonds. The summed E-state index contributed by atoms with van der Waals surface area (Å²) >= 11 is 0. The maximum Gasteiger partial charge on any atom is 0.248 e. The Kier molecular flexibility index (Phi) is 10.2. The number of likely N-dealkylation sites (N-methyl/N-ethyl adjacent to an activating group) is 1. The van der Waals surface area contributed by atoms with Crippen molar-refractivity contribution in [1.29, 1.82) is 0 Å². The number of aromatic hydroxyl groups is 1. The second-order valence-corrected chi connectivity index (χ2v) is 8.76. The molecule has 1 aliphatic carbocycles. The number of rotatable bonds is 14. The van der Waals surface area contributed by atoms with Crippen molar-refractivity contribution in [3.05, 3.63) is 40.2 Å². The molecular weight excluding hydrogens is 418 g/mol. The van der Waals surface area contributed by atoms with E-state index in [1.165, 1.54) is 18.6 Å². The number of hydrogen-bond acceptors (Lipinski definition) is 6. The molecule has 2 aromatic rings. The highest BCUT2D eigenvalue weighted by Crippen LogP contribution is 2.28. The van der Waals surface area contributed by atoms with Gasteiger partial charge in [-0.2, -0.15) is 0 Å². The van der Waals surface area contributed by atoms with E-state index >= 15 is 0 Å². The molecule has 1 heterocycles. The molecule has 1 aromatic carbocycles. The molecule has 0 bridgehead atoms. The molecule has 4 N–H and O–H groups in total. The third kappa shape index (κ3) is 7.86. The quantitative estimate of drug-likeness (QED) is 0.258. The Morgan fingerprint density at radius 1 is 1.18 bits per heavy atom. The molecule has 7 nitrogen and oxygen atoms in total. The largest absolute Gasteiger partial charge is 0.506 e. The van der Waals surface area contributed by atoms with Gasteiger partial charge in [-0.05, 0) is 50.6 Å². The van der Waals surface area contributed by atoms with E-state index in [2.05, 4.69) is 34.1 Å². The van der Waals surface area contributed by atoms with Crippen LogP contribution in [0.5, 0.6) is 5.75 Å². The van der Waals surface area contributed by atoms with Crippen LogP contribution < -0.4 is 10.9 Å². The van der Waals surface area contributed by atoms with E-state index in [1.807, 2.05) is 0 Å². The van der Waals surface area contributed by atoms with Crippen molar-refractivity contribution in [1.82, 2.24) is 15.2 Å². The van der Waals surface area contributed by atoms with Gasteiger partial charge in [0.15, 0.2) is 0 Å². The second-order valence-electron chi connectivity index (χ2n) is 8.76. The van der Waals surface area contributed by atoms with Gasteiger partial charge in [-0.15, -0.1) is 11.8 Å². The molecule has 2 atom stereocenters. The van der Waals surface area contributed by atoms with E-state index in [4.69, 9.17) is 4.74 Å². The van der Waals surface area contributed by atoms with Gasteiger partial charge in [0, 0.05) is 50.0 Å². The van der Waals surface area contributed by atoms with Crippen molar-refractivity contribution in [3.8, 4) is 17.6 Å². The number of nitrogens with zero attached hydrogens (tertiary/aromatic N) is 1. The number of aromatic amines is 1. The summed E-state index contributed by atoms with van der Waals surface area (Å²) in [5, 5.41) is 24.5. The first-order valence-electron chi connectivity index (χ1n) is 12.0. The van der Waals surface area contributed by atoms with Crippen molar-refractivity contribution < 1.29 is 14.9 Å². The fourth-order valence-corrected chi connectivity index (χ4v) is 4.19. The van der Waals surface area contributed by atoms with E-state index in [0.29, 0.717) is 29.1 Å². The number of nitrogens with one attached hydrogen (secondary N) is 2. The molecule has 0 saturated heterocycles. The molecule has 0 radical (unpaired) electrons. The van der Waals surface area contributed by atoms with Gasteiger partial charge in [0.1, 0.15) is 5.75 Å². The summed E-state index contributed by atoms with van der Waals surface area (Å²) in [6.45, 7) is 3.80. The molecule has 0 saturated carbocycles. The predicted molar refractivity (Wildman–Crippen MR) is 131 cm³/mol. The van der Waals surface area contributed by atoms with Crippen molar-refractivity contribution in [2.45, 2.75) is 57.1 Å². The first kappa shape index (κ1) is 25.3. The van der Waals surface area contributed by atoms with Crippen LogP contribution in [-0.4, -0.2) is 66.0 Å². The second kappa shape index (κ2) is 13.4. The summed E-state index contributed by atoms with van der Waals surface area (Å²) in [7, 11) is 2.16. The summed E-state index contributed by atoms with van der Waals surface area (Å²) in [5.41, 5.74) is 0.761. The number of benzene rings is 1. The summed E-state index contributed by atoms with van der Waals surface area (Å²) < 4.78 is 5.79. The van der Waals surface area contributed by atoms with Crippen LogP contribution in [0.3, 0.4) is 0 Å². The molecule has 1 aliphatic rings. The highest BCUT2D eigenvalue weighted by molar-refractivity contribution is 5.87. The first-order valence-corrected chi connectivity index (χ1v) is 12.0. The minimum Gasteiger partial charge on any atom is -0.506 e. The van der Waals surface area contributed by atoms with Gasteiger partial charge < -0.3 is 30.2 Å². The number of aromatic nitrogens is 1. The monoisotopic (exact) mass is 455 g/mol. The number of H-pyrrole nitrogens is 1. The lowest BCUT2D eigenvalue weighted by Crippen LogP contribution is -2.35. The minimum atomic E-state index is -0.716. The number of phenols is 1. The fourth-order valence-electron chi connectivity index (χ4n) is 4.19. The minimum absolute atomic E-state index is 0.00156. The Bertz CT molecular complexity index is 994. The number of aliphatic hydroxyl groups is 1. The van der Waals surface area contributed by atoms with Crippen molar-refractivity contribution in [3.63, 3.8) is 0 Å². The van der Waals surface area contributed by atoms with Crippen LogP contribution in [0.15, 0.2) is 29.1 Å². The van der Waals surface area contributed by atoms with Crippen molar-refractivity contribution in [2.75, 3.05) is 39.9 Å². The fraction of sp³-hybridized carbons (Fsp3) is 0.577. The smallest absolute Gasteiger partial charge is 0.248 e. The molecule has 0 aliphatic heterocycles.